The molecule has 0 aromatic heterocycles. The van der Waals surface area contributed by atoms with Gasteiger partial charge >= 0.3 is 5.97 Å². The molecule has 0 bridgehead atoms. The monoisotopic (exact) mass is 414 g/mol. The number of fused-ring (bicyclic) bond motifs is 5. The third-order valence-electron chi connectivity index (χ3n) is 9.57. The average molecular weight is 415 g/mol. The van der Waals surface area contributed by atoms with Gasteiger partial charge in [-0.15, -0.1) is 0 Å². The fourth-order valence-corrected chi connectivity index (χ4v) is 7.98. The smallest absolute Gasteiger partial charge is 0.303 e. The molecule has 0 unspecified atom stereocenters. The Hall–Kier alpha value is -1.12. The zero-order chi connectivity index (χ0) is 21.1. The molecule has 1 N–H and O–H groups in total. The summed E-state index contributed by atoms with van der Waals surface area (Å²) in [5.41, 5.74) is 2.20. The number of carboxylic acids is 1. The Morgan fingerprint density at radius 1 is 0.967 bits per heavy atom. The minimum Gasteiger partial charge on any atom is -0.481 e. The second-order valence-corrected chi connectivity index (χ2v) is 11.3. The van der Waals surface area contributed by atoms with Crippen molar-refractivity contribution in [3.8, 4) is 0 Å². The summed E-state index contributed by atoms with van der Waals surface area (Å²) >= 11 is 0. The van der Waals surface area contributed by atoms with E-state index in [1.54, 1.807) is 0 Å². The van der Waals surface area contributed by atoms with Crippen LogP contribution in [0.15, 0.2) is 11.6 Å². The van der Waals surface area contributed by atoms with Crippen molar-refractivity contribution in [3.05, 3.63) is 11.6 Å². The molecule has 0 spiro atoms. The van der Waals surface area contributed by atoms with E-state index in [1.165, 1.54) is 82.6 Å². The number of allylic oxidation sites excluding steroid dienone is 1. The molecule has 5 aliphatic rings. The zero-order valence-electron chi connectivity index (χ0n) is 19.0. The number of ketones is 1. The molecular formula is C27H42O3. The van der Waals surface area contributed by atoms with Gasteiger partial charge in [-0.3, -0.25) is 9.59 Å². The van der Waals surface area contributed by atoms with Crippen molar-refractivity contribution in [1.29, 1.82) is 0 Å². The Bertz CT molecular complexity index is 659. The number of carbonyl (C=O) groups is 2. The van der Waals surface area contributed by atoms with Crippen molar-refractivity contribution < 1.29 is 14.7 Å². The summed E-state index contributed by atoms with van der Waals surface area (Å²) in [5, 5.41) is 8.44. The molecule has 0 radical (unpaired) electrons. The van der Waals surface area contributed by atoms with Crippen LogP contribution in [0.5, 0.6) is 0 Å². The second kappa shape index (κ2) is 9.57. The van der Waals surface area contributed by atoms with E-state index in [1.807, 2.05) is 6.08 Å². The molecule has 0 aromatic carbocycles. The van der Waals surface area contributed by atoms with Crippen molar-refractivity contribution in [2.24, 2.45) is 35.0 Å². The van der Waals surface area contributed by atoms with Crippen molar-refractivity contribution >= 4 is 11.8 Å². The van der Waals surface area contributed by atoms with E-state index in [2.05, 4.69) is 6.92 Å². The minimum absolute atomic E-state index is 0.366. The first-order valence-electron chi connectivity index (χ1n) is 12.9. The van der Waals surface area contributed by atoms with Crippen LogP contribution in [0.2, 0.25) is 0 Å². The van der Waals surface area contributed by atoms with Crippen LogP contribution in [-0.4, -0.2) is 16.9 Å². The molecule has 3 heteroatoms. The van der Waals surface area contributed by atoms with Crippen LogP contribution < -0.4 is 0 Å². The van der Waals surface area contributed by atoms with E-state index in [0.717, 1.165) is 42.9 Å². The predicted molar refractivity (Wildman–Crippen MR) is 120 cm³/mol. The fourth-order valence-electron chi connectivity index (χ4n) is 7.98. The number of carboxylic acid groups (broad SMARTS) is 1. The van der Waals surface area contributed by atoms with Gasteiger partial charge in [0.15, 0.2) is 5.78 Å². The molecule has 5 rings (SSSR count). The maximum absolute atomic E-state index is 11.6. The Morgan fingerprint density at radius 2 is 1.77 bits per heavy atom. The molecule has 4 fully saturated rings. The summed E-state index contributed by atoms with van der Waals surface area (Å²) in [6.45, 7) is 2.57. The van der Waals surface area contributed by atoms with Gasteiger partial charge in [-0.2, -0.15) is 0 Å². The van der Waals surface area contributed by atoms with Crippen LogP contribution in [0.4, 0.5) is 0 Å². The SMILES string of the molecule is C[C@@]12CCC[C@H]1[C@@H]1CCC3=CC(=O)CC[C@@H]3[C@H]1CC2.O=C(O)CCC1CCCCC1. The standard InChI is InChI=1S/C18H26O.C9H16O2/c1-18-9-2-3-17(18)16-6-4-12-11-13(19)5-7-14(12)15(16)8-10-18;10-9(11)7-6-8-4-2-1-3-5-8/h11,14-17H,2-10H2,1H3;8H,1-7H2,(H,10,11)/t14-,15+,16+,17-,18-;/m0./s1. The summed E-state index contributed by atoms with van der Waals surface area (Å²) in [4.78, 5) is 21.9. The summed E-state index contributed by atoms with van der Waals surface area (Å²) in [5.74, 6) is 4.15. The minimum atomic E-state index is -0.643. The lowest BCUT2D eigenvalue weighted by atomic mass is 9.52. The number of carbonyl (C=O) groups excluding carboxylic acids is 1. The van der Waals surface area contributed by atoms with Crippen molar-refractivity contribution in [2.45, 2.75) is 110 Å². The van der Waals surface area contributed by atoms with Gasteiger partial charge in [0.25, 0.3) is 0 Å². The van der Waals surface area contributed by atoms with Gasteiger partial charge in [0.2, 0.25) is 0 Å². The molecule has 168 valence electrons. The molecule has 0 saturated heterocycles. The van der Waals surface area contributed by atoms with Gasteiger partial charge in [0, 0.05) is 12.8 Å². The lowest BCUT2D eigenvalue weighted by Crippen LogP contribution is -2.44. The van der Waals surface area contributed by atoms with Crippen LogP contribution in [0.1, 0.15) is 110 Å². The molecular weight excluding hydrogens is 372 g/mol. The fraction of sp³-hybridized carbons (Fsp3) is 0.852. The van der Waals surface area contributed by atoms with Gasteiger partial charge < -0.3 is 5.11 Å². The summed E-state index contributed by atoms with van der Waals surface area (Å²) in [6.07, 6.45) is 21.7. The third kappa shape index (κ3) is 4.86. The van der Waals surface area contributed by atoms with Crippen LogP contribution in [-0.2, 0) is 9.59 Å². The first-order valence-corrected chi connectivity index (χ1v) is 12.9. The topological polar surface area (TPSA) is 54.4 Å². The highest BCUT2D eigenvalue weighted by molar-refractivity contribution is 5.91. The Balaban J connectivity index is 0.000000170. The lowest BCUT2D eigenvalue weighted by Gasteiger charge is -2.52. The molecule has 5 atom stereocenters. The van der Waals surface area contributed by atoms with Gasteiger partial charge in [0.1, 0.15) is 0 Å². The van der Waals surface area contributed by atoms with E-state index in [4.69, 9.17) is 5.11 Å². The zero-order valence-corrected chi connectivity index (χ0v) is 19.0. The molecule has 3 nitrogen and oxygen atoms in total. The van der Waals surface area contributed by atoms with Crippen LogP contribution in [0.25, 0.3) is 0 Å². The van der Waals surface area contributed by atoms with Crippen molar-refractivity contribution in [2.75, 3.05) is 0 Å². The van der Waals surface area contributed by atoms with Gasteiger partial charge in [-0.25, -0.2) is 0 Å². The average Bonchev–Trinajstić information content (AvgIpc) is 3.15. The quantitative estimate of drug-likeness (QED) is 0.543. The number of hydrogen-bond donors (Lipinski definition) is 1. The van der Waals surface area contributed by atoms with Gasteiger partial charge in [-0.1, -0.05) is 51.0 Å². The molecule has 30 heavy (non-hydrogen) atoms. The molecule has 0 aliphatic heterocycles. The highest BCUT2D eigenvalue weighted by Gasteiger charge is 2.52. The van der Waals surface area contributed by atoms with Crippen molar-refractivity contribution in [1.82, 2.24) is 0 Å². The third-order valence-corrected chi connectivity index (χ3v) is 9.57. The van der Waals surface area contributed by atoms with Crippen molar-refractivity contribution in [3.63, 3.8) is 0 Å². The van der Waals surface area contributed by atoms with E-state index >= 15 is 0 Å². The molecule has 0 heterocycles. The largest absolute Gasteiger partial charge is 0.481 e. The Kier molecular flexibility index (Phi) is 7.05. The highest BCUT2D eigenvalue weighted by Crippen LogP contribution is 2.61. The van der Waals surface area contributed by atoms with Gasteiger partial charge in [0.05, 0.1) is 0 Å². The number of rotatable bonds is 3. The van der Waals surface area contributed by atoms with E-state index < -0.39 is 5.97 Å². The van der Waals surface area contributed by atoms with Gasteiger partial charge in [-0.05, 0) is 92.4 Å². The number of hydrogen-bond acceptors (Lipinski definition) is 2. The van der Waals surface area contributed by atoms with E-state index in [9.17, 15) is 9.59 Å². The molecule has 5 aliphatic carbocycles. The Morgan fingerprint density at radius 3 is 2.53 bits per heavy atom. The molecule has 0 aromatic rings. The first kappa shape index (κ1) is 22.1. The van der Waals surface area contributed by atoms with Crippen LogP contribution in [0.3, 0.4) is 0 Å². The lowest BCUT2D eigenvalue weighted by molar-refractivity contribution is -0.137. The summed E-state index contributed by atoms with van der Waals surface area (Å²) < 4.78 is 0. The maximum Gasteiger partial charge on any atom is 0.303 e. The maximum atomic E-state index is 11.6. The predicted octanol–water partition coefficient (Wildman–Crippen LogP) is 6.95. The number of aliphatic carboxylic acids is 1. The van der Waals surface area contributed by atoms with E-state index in [0.29, 0.717) is 23.5 Å². The molecule has 4 saturated carbocycles. The summed E-state index contributed by atoms with van der Waals surface area (Å²) in [6, 6.07) is 0. The second-order valence-electron chi connectivity index (χ2n) is 11.3. The van der Waals surface area contributed by atoms with E-state index in [-0.39, 0.29) is 0 Å². The highest BCUT2D eigenvalue weighted by atomic mass is 16.4. The van der Waals surface area contributed by atoms with Crippen LogP contribution in [0, 0.1) is 35.0 Å². The Labute approximate surface area is 183 Å². The summed E-state index contributed by atoms with van der Waals surface area (Å²) in [7, 11) is 0. The molecule has 0 amide bonds. The first-order chi connectivity index (χ1) is 14.5. The van der Waals surface area contributed by atoms with Crippen LogP contribution >= 0.6 is 0 Å². The normalized spacial score (nSPS) is 38.4.